The van der Waals surface area contributed by atoms with Gasteiger partial charge in [-0.2, -0.15) is 0 Å². The SMILES string of the molecule is Cc1ccc2c(c3cccc1-3)C2. The van der Waals surface area contributed by atoms with E-state index in [1.165, 1.54) is 28.7 Å². The first-order valence-electron chi connectivity index (χ1n) is 4.36. The summed E-state index contributed by atoms with van der Waals surface area (Å²) in [6.45, 7) is 2.18. The maximum Gasteiger partial charge on any atom is -0.00137 e. The highest BCUT2D eigenvalue weighted by atomic mass is 14.3. The van der Waals surface area contributed by atoms with E-state index in [-0.39, 0.29) is 0 Å². The van der Waals surface area contributed by atoms with Crippen molar-refractivity contribution in [3.8, 4) is 11.1 Å². The molecule has 0 aromatic carbocycles. The molecule has 0 aromatic rings. The van der Waals surface area contributed by atoms with Crippen molar-refractivity contribution >= 4 is 0 Å². The molecule has 12 heavy (non-hydrogen) atoms. The van der Waals surface area contributed by atoms with Crippen LogP contribution in [-0.4, -0.2) is 0 Å². The van der Waals surface area contributed by atoms with Crippen LogP contribution in [0.5, 0.6) is 0 Å². The van der Waals surface area contributed by atoms with Gasteiger partial charge in [0.2, 0.25) is 0 Å². The van der Waals surface area contributed by atoms with E-state index in [4.69, 9.17) is 0 Å². The lowest BCUT2D eigenvalue weighted by Gasteiger charge is -1.95. The predicted molar refractivity (Wildman–Crippen MR) is 50.6 cm³/mol. The lowest BCUT2D eigenvalue weighted by atomic mass is 10.1. The number of rotatable bonds is 0. The highest BCUT2D eigenvalue weighted by Gasteiger charge is 2.21. The molecule has 0 saturated heterocycles. The molecule has 0 saturated carbocycles. The largest absolute Gasteiger partial charge is 0.0610 e. The monoisotopic (exact) mass is 154 g/mol. The third kappa shape index (κ3) is 0.672. The Kier molecular flexibility index (Phi) is 0.984. The molecule has 0 aromatic heterocycles. The molecule has 3 aliphatic carbocycles. The second-order valence-electron chi connectivity index (χ2n) is 3.55. The summed E-state index contributed by atoms with van der Waals surface area (Å²) in [7, 11) is 0. The van der Waals surface area contributed by atoms with E-state index < -0.39 is 0 Å². The Morgan fingerprint density at radius 3 is 2.75 bits per heavy atom. The molecule has 0 amide bonds. The van der Waals surface area contributed by atoms with E-state index in [0.29, 0.717) is 0 Å². The van der Waals surface area contributed by atoms with Gasteiger partial charge in [-0.25, -0.2) is 0 Å². The molecule has 0 bridgehead atoms. The molecule has 0 atom stereocenters. The molecular weight excluding hydrogens is 144 g/mol. The van der Waals surface area contributed by atoms with Gasteiger partial charge in [-0.3, -0.25) is 0 Å². The maximum atomic E-state index is 2.25. The van der Waals surface area contributed by atoms with Crippen molar-refractivity contribution in [1.29, 1.82) is 0 Å². The van der Waals surface area contributed by atoms with E-state index in [1.807, 2.05) is 0 Å². The highest BCUT2D eigenvalue weighted by molar-refractivity contribution is 5.78. The number of hydrogen-bond donors (Lipinski definition) is 0. The Balaban J connectivity index is 2.46. The van der Waals surface area contributed by atoms with E-state index in [9.17, 15) is 0 Å². The summed E-state index contributed by atoms with van der Waals surface area (Å²) < 4.78 is 0. The summed E-state index contributed by atoms with van der Waals surface area (Å²) in [6, 6.07) is 11.1. The maximum absolute atomic E-state index is 2.25. The first kappa shape index (κ1) is 6.24. The van der Waals surface area contributed by atoms with Gasteiger partial charge >= 0.3 is 0 Å². The standard InChI is InChI=1S/C12H10/c1-8-5-6-9-7-12(9)11-4-2-3-10(8)11/h2-6H,7H2,1H3. The number of fused-ring (bicyclic) bond motifs is 3. The lowest BCUT2D eigenvalue weighted by Crippen LogP contribution is -1.73. The third-order valence-corrected chi connectivity index (χ3v) is 2.73. The summed E-state index contributed by atoms with van der Waals surface area (Å²) in [5.41, 5.74) is 7.37. The minimum absolute atomic E-state index is 1.21. The Bertz CT molecular complexity index is 418. The van der Waals surface area contributed by atoms with Crippen molar-refractivity contribution in [1.82, 2.24) is 0 Å². The van der Waals surface area contributed by atoms with Gasteiger partial charge in [-0.15, -0.1) is 0 Å². The molecule has 0 N–H and O–H groups in total. The molecular formula is C12H10. The Morgan fingerprint density at radius 2 is 1.83 bits per heavy atom. The van der Waals surface area contributed by atoms with Crippen molar-refractivity contribution < 1.29 is 0 Å². The average Bonchev–Trinajstić information content (AvgIpc) is 2.70. The fourth-order valence-corrected chi connectivity index (χ4v) is 1.92. The van der Waals surface area contributed by atoms with Crippen LogP contribution >= 0.6 is 0 Å². The van der Waals surface area contributed by atoms with Gasteiger partial charge < -0.3 is 0 Å². The van der Waals surface area contributed by atoms with Gasteiger partial charge in [0.25, 0.3) is 0 Å². The van der Waals surface area contributed by atoms with Crippen molar-refractivity contribution in [3.63, 3.8) is 0 Å². The van der Waals surface area contributed by atoms with Crippen molar-refractivity contribution in [2.75, 3.05) is 0 Å². The van der Waals surface area contributed by atoms with Crippen LogP contribution in [-0.2, 0) is 6.42 Å². The average molecular weight is 154 g/mol. The van der Waals surface area contributed by atoms with Gasteiger partial charge in [0.1, 0.15) is 0 Å². The van der Waals surface area contributed by atoms with Crippen LogP contribution < -0.4 is 0 Å². The first-order valence-corrected chi connectivity index (χ1v) is 4.36. The van der Waals surface area contributed by atoms with Crippen LogP contribution in [0.3, 0.4) is 0 Å². The molecule has 58 valence electrons. The molecule has 0 spiro atoms. The van der Waals surface area contributed by atoms with E-state index in [1.54, 1.807) is 5.56 Å². The van der Waals surface area contributed by atoms with Gasteiger partial charge in [0.15, 0.2) is 0 Å². The van der Waals surface area contributed by atoms with Gasteiger partial charge in [-0.05, 0) is 41.2 Å². The van der Waals surface area contributed by atoms with Crippen molar-refractivity contribution in [3.05, 3.63) is 47.0 Å². The Morgan fingerprint density at radius 1 is 1.00 bits per heavy atom. The van der Waals surface area contributed by atoms with E-state index in [2.05, 4.69) is 37.3 Å². The van der Waals surface area contributed by atoms with Crippen molar-refractivity contribution in [2.24, 2.45) is 0 Å². The summed E-state index contributed by atoms with van der Waals surface area (Å²) in [5, 5.41) is 0. The van der Waals surface area contributed by atoms with E-state index >= 15 is 0 Å². The number of hydrogen-bond acceptors (Lipinski definition) is 0. The minimum atomic E-state index is 1.21. The molecule has 0 unspecified atom stereocenters. The van der Waals surface area contributed by atoms with Crippen LogP contribution in [0.4, 0.5) is 0 Å². The second kappa shape index (κ2) is 1.89. The fraction of sp³-hybridized carbons (Fsp3) is 0.167. The second-order valence-corrected chi connectivity index (χ2v) is 3.55. The van der Waals surface area contributed by atoms with Gasteiger partial charge in [0, 0.05) is 0 Å². The number of aryl methyl sites for hydroxylation is 1. The Labute approximate surface area is 72.2 Å². The molecule has 3 aliphatic rings. The zero-order valence-electron chi connectivity index (χ0n) is 7.09. The third-order valence-electron chi connectivity index (χ3n) is 2.73. The molecule has 3 rings (SSSR count). The molecule has 0 radical (unpaired) electrons. The molecule has 0 aliphatic heterocycles. The van der Waals surface area contributed by atoms with Gasteiger partial charge in [-0.1, -0.05) is 30.3 Å². The van der Waals surface area contributed by atoms with Crippen molar-refractivity contribution in [2.45, 2.75) is 13.3 Å². The van der Waals surface area contributed by atoms with Crippen LogP contribution in [0.25, 0.3) is 11.1 Å². The van der Waals surface area contributed by atoms with Crippen LogP contribution in [0, 0.1) is 6.92 Å². The molecule has 0 fully saturated rings. The van der Waals surface area contributed by atoms with Gasteiger partial charge in [0.05, 0.1) is 0 Å². The predicted octanol–water partition coefficient (Wildman–Crippen LogP) is 3.00. The van der Waals surface area contributed by atoms with Crippen LogP contribution in [0.1, 0.15) is 16.7 Å². The minimum Gasteiger partial charge on any atom is -0.0610 e. The topological polar surface area (TPSA) is 0 Å². The summed E-state index contributed by atoms with van der Waals surface area (Å²) in [4.78, 5) is 0. The first-order chi connectivity index (χ1) is 5.86. The van der Waals surface area contributed by atoms with Crippen LogP contribution in [0.15, 0.2) is 30.3 Å². The smallest absolute Gasteiger partial charge is 0.00137 e. The molecule has 0 heteroatoms. The zero-order chi connectivity index (χ0) is 8.13. The summed E-state index contributed by atoms with van der Waals surface area (Å²) in [6.07, 6.45) is 1.21. The lowest BCUT2D eigenvalue weighted by molar-refractivity contribution is 1.47. The highest BCUT2D eigenvalue weighted by Crippen LogP contribution is 2.39. The zero-order valence-corrected chi connectivity index (χ0v) is 7.09. The quantitative estimate of drug-likeness (QED) is 0.467. The molecule has 0 heterocycles. The Hall–Kier alpha value is -1.30. The normalized spacial score (nSPS) is 13.1. The van der Waals surface area contributed by atoms with E-state index in [0.717, 1.165) is 0 Å². The summed E-state index contributed by atoms with van der Waals surface area (Å²) in [5.74, 6) is 0. The summed E-state index contributed by atoms with van der Waals surface area (Å²) >= 11 is 0. The fourth-order valence-electron chi connectivity index (χ4n) is 1.92. The molecule has 0 nitrogen and oxygen atoms in total. The van der Waals surface area contributed by atoms with Crippen LogP contribution in [0.2, 0.25) is 0 Å².